The van der Waals surface area contributed by atoms with Crippen molar-refractivity contribution < 1.29 is 0 Å². The van der Waals surface area contributed by atoms with Crippen LogP contribution in [-0.4, -0.2) is 0 Å². The predicted octanol–water partition coefficient (Wildman–Crippen LogP) is 3.37. The van der Waals surface area contributed by atoms with E-state index >= 15 is 0 Å². The molecule has 0 aliphatic heterocycles. The van der Waals surface area contributed by atoms with E-state index in [1.807, 2.05) is 0 Å². The van der Waals surface area contributed by atoms with E-state index in [9.17, 15) is 0 Å². The second kappa shape index (κ2) is 6.10. The first-order valence-electron chi connectivity index (χ1n) is 7.26. The van der Waals surface area contributed by atoms with Crippen molar-refractivity contribution in [2.45, 2.75) is 39.2 Å². The van der Waals surface area contributed by atoms with E-state index in [1.54, 1.807) is 0 Å². The summed E-state index contributed by atoms with van der Waals surface area (Å²) in [7, 11) is 0. The molecule has 2 heteroatoms. The van der Waals surface area contributed by atoms with Gasteiger partial charge in [-0.05, 0) is 52.7 Å². The predicted molar refractivity (Wildman–Crippen MR) is 86.1 cm³/mol. The molecule has 0 atom stereocenters. The van der Waals surface area contributed by atoms with Gasteiger partial charge in [0.15, 0.2) is 0 Å². The SMILES string of the molecule is C=C1C(=C)C(CCc2cc(CN)ccc2CCC)=C1N. The van der Waals surface area contributed by atoms with Crippen LogP contribution >= 0.6 is 0 Å². The number of rotatable bonds is 6. The summed E-state index contributed by atoms with van der Waals surface area (Å²) in [6.45, 7) is 10.7. The monoisotopic (exact) mass is 268 g/mol. The molecule has 4 N–H and O–H groups in total. The Kier molecular flexibility index (Phi) is 4.46. The fourth-order valence-electron chi connectivity index (χ4n) is 2.72. The smallest absolute Gasteiger partial charge is 0.0426 e. The lowest BCUT2D eigenvalue weighted by Crippen LogP contribution is -2.18. The highest BCUT2D eigenvalue weighted by molar-refractivity contribution is 5.66. The van der Waals surface area contributed by atoms with E-state index in [-0.39, 0.29) is 0 Å². The highest BCUT2D eigenvalue weighted by Crippen LogP contribution is 2.37. The molecule has 1 aliphatic carbocycles. The largest absolute Gasteiger partial charge is 0.398 e. The van der Waals surface area contributed by atoms with Crippen molar-refractivity contribution in [3.63, 3.8) is 0 Å². The van der Waals surface area contributed by atoms with Crippen LogP contribution in [-0.2, 0) is 19.4 Å². The molecule has 0 heterocycles. The highest BCUT2D eigenvalue weighted by Gasteiger charge is 2.23. The number of hydrogen-bond donors (Lipinski definition) is 2. The molecule has 0 saturated heterocycles. The van der Waals surface area contributed by atoms with Crippen molar-refractivity contribution in [2.75, 3.05) is 0 Å². The molecule has 1 aromatic carbocycles. The molecule has 2 rings (SSSR count). The molecule has 1 aromatic rings. The number of hydrogen-bond acceptors (Lipinski definition) is 2. The standard InChI is InChI=1S/C18H24N2/c1-4-5-15-7-6-14(11-19)10-16(15)8-9-17-12(2)13(3)18(17)20/h6-7,10H,2-5,8-9,11,19-20H2,1H3. The Morgan fingerprint density at radius 2 is 1.75 bits per heavy atom. The van der Waals surface area contributed by atoms with Crippen molar-refractivity contribution in [3.8, 4) is 0 Å². The summed E-state index contributed by atoms with van der Waals surface area (Å²) < 4.78 is 0. The zero-order valence-electron chi connectivity index (χ0n) is 12.3. The quantitative estimate of drug-likeness (QED) is 0.831. The maximum absolute atomic E-state index is 5.97. The topological polar surface area (TPSA) is 52.0 Å². The molecule has 0 bridgehead atoms. The van der Waals surface area contributed by atoms with Gasteiger partial charge in [-0.25, -0.2) is 0 Å². The van der Waals surface area contributed by atoms with Gasteiger partial charge in [-0.3, -0.25) is 0 Å². The Morgan fingerprint density at radius 3 is 2.35 bits per heavy atom. The number of nitrogens with two attached hydrogens (primary N) is 2. The minimum absolute atomic E-state index is 0.591. The molecule has 0 saturated carbocycles. The van der Waals surface area contributed by atoms with Crippen molar-refractivity contribution in [2.24, 2.45) is 11.5 Å². The Balaban J connectivity index is 2.16. The number of benzene rings is 1. The van der Waals surface area contributed by atoms with E-state index < -0.39 is 0 Å². The van der Waals surface area contributed by atoms with Gasteiger partial charge in [0.1, 0.15) is 0 Å². The van der Waals surface area contributed by atoms with E-state index in [0.29, 0.717) is 6.54 Å². The summed E-state index contributed by atoms with van der Waals surface area (Å²) >= 11 is 0. The molecule has 2 nitrogen and oxygen atoms in total. The molecule has 20 heavy (non-hydrogen) atoms. The van der Waals surface area contributed by atoms with Gasteiger partial charge in [0.2, 0.25) is 0 Å². The number of aryl methyl sites for hydroxylation is 2. The van der Waals surface area contributed by atoms with Gasteiger partial charge >= 0.3 is 0 Å². The van der Waals surface area contributed by atoms with E-state index in [0.717, 1.165) is 42.5 Å². The lowest BCUT2D eigenvalue weighted by molar-refractivity contribution is 0.854. The van der Waals surface area contributed by atoms with Crippen molar-refractivity contribution in [3.05, 3.63) is 70.5 Å². The summed E-state index contributed by atoms with van der Waals surface area (Å²) in [4.78, 5) is 0. The summed E-state index contributed by atoms with van der Waals surface area (Å²) in [6, 6.07) is 6.58. The van der Waals surface area contributed by atoms with Crippen LogP contribution in [0.1, 0.15) is 36.5 Å². The van der Waals surface area contributed by atoms with Gasteiger partial charge in [-0.2, -0.15) is 0 Å². The van der Waals surface area contributed by atoms with Gasteiger partial charge in [-0.1, -0.05) is 44.7 Å². The third kappa shape index (κ3) is 2.70. The van der Waals surface area contributed by atoms with Crippen LogP contribution in [0.4, 0.5) is 0 Å². The fourth-order valence-corrected chi connectivity index (χ4v) is 2.72. The molecule has 1 aliphatic rings. The average molecular weight is 268 g/mol. The highest BCUT2D eigenvalue weighted by atomic mass is 14.6. The number of allylic oxidation sites excluding steroid dienone is 2. The van der Waals surface area contributed by atoms with Gasteiger partial charge in [-0.15, -0.1) is 0 Å². The van der Waals surface area contributed by atoms with Crippen LogP contribution in [0.3, 0.4) is 0 Å². The van der Waals surface area contributed by atoms with Crippen molar-refractivity contribution >= 4 is 0 Å². The van der Waals surface area contributed by atoms with Gasteiger partial charge in [0.25, 0.3) is 0 Å². The van der Waals surface area contributed by atoms with E-state index in [4.69, 9.17) is 11.5 Å². The van der Waals surface area contributed by atoms with Crippen molar-refractivity contribution in [1.29, 1.82) is 0 Å². The zero-order chi connectivity index (χ0) is 14.7. The normalized spacial score (nSPS) is 14.7. The maximum atomic E-state index is 5.97. The Labute approximate surface area is 121 Å². The molecule has 106 valence electrons. The third-order valence-electron chi connectivity index (χ3n) is 4.05. The first-order chi connectivity index (χ1) is 9.58. The molecule has 0 radical (unpaired) electrons. The van der Waals surface area contributed by atoms with E-state index in [2.05, 4.69) is 38.3 Å². The lowest BCUT2D eigenvalue weighted by atomic mass is 9.81. The Morgan fingerprint density at radius 1 is 1.00 bits per heavy atom. The van der Waals surface area contributed by atoms with Crippen LogP contribution in [0, 0.1) is 0 Å². The summed E-state index contributed by atoms with van der Waals surface area (Å²) in [5.74, 6) is 0. The van der Waals surface area contributed by atoms with E-state index in [1.165, 1.54) is 22.3 Å². The Hall–Kier alpha value is -1.80. The third-order valence-corrected chi connectivity index (χ3v) is 4.05. The summed E-state index contributed by atoms with van der Waals surface area (Å²) in [6.07, 6.45) is 4.20. The Bertz CT molecular complexity index is 579. The van der Waals surface area contributed by atoms with Crippen LogP contribution < -0.4 is 11.5 Å². The maximum Gasteiger partial charge on any atom is 0.0426 e. The van der Waals surface area contributed by atoms with Crippen LogP contribution in [0.25, 0.3) is 0 Å². The molecule has 0 aromatic heterocycles. The summed E-state index contributed by atoms with van der Waals surface area (Å²) in [5.41, 5.74) is 19.7. The molecule has 0 spiro atoms. The summed E-state index contributed by atoms with van der Waals surface area (Å²) in [5, 5.41) is 0. The molecular formula is C18H24N2. The van der Waals surface area contributed by atoms with Gasteiger partial charge in [0, 0.05) is 12.2 Å². The van der Waals surface area contributed by atoms with Crippen LogP contribution in [0.2, 0.25) is 0 Å². The van der Waals surface area contributed by atoms with Gasteiger partial charge in [0.05, 0.1) is 0 Å². The van der Waals surface area contributed by atoms with Crippen LogP contribution in [0.5, 0.6) is 0 Å². The molecule has 0 amide bonds. The molecular weight excluding hydrogens is 244 g/mol. The minimum atomic E-state index is 0.591. The minimum Gasteiger partial charge on any atom is -0.398 e. The first kappa shape index (κ1) is 14.6. The van der Waals surface area contributed by atoms with Crippen LogP contribution in [0.15, 0.2) is 53.8 Å². The fraction of sp³-hybridized carbons (Fsp3) is 0.333. The first-order valence-corrected chi connectivity index (χ1v) is 7.26. The zero-order valence-corrected chi connectivity index (χ0v) is 12.3. The molecule has 0 unspecified atom stereocenters. The van der Waals surface area contributed by atoms with Crippen molar-refractivity contribution in [1.82, 2.24) is 0 Å². The van der Waals surface area contributed by atoms with Gasteiger partial charge < -0.3 is 11.5 Å². The second-order valence-electron chi connectivity index (χ2n) is 5.41. The second-order valence-corrected chi connectivity index (χ2v) is 5.41. The average Bonchev–Trinajstić information content (AvgIpc) is 2.48. The molecule has 0 fully saturated rings. The lowest BCUT2D eigenvalue weighted by Gasteiger charge is -2.26.